The summed E-state index contributed by atoms with van der Waals surface area (Å²) in [5.74, 6) is 0.490. The van der Waals surface area contributed by atoms with Crippen LogP contribution >= 0.6 is 0 Å². The van der Waals surface area contributed by atoms with Gasteiger partial charge in [0.2, 0.25) is 11.7 Å². The Balaban J connectivity index is 1.37. The van der Waals surface area contributed by atoms with E-state index < -0.39 is 0 Å². The predicted molar refractivity (Wildman–Crippen MR) is 127 cm³/mol. The zero-order valence-corrected chi connectivity index (χ0v) is 19.1. The molecule has 4 aromatic rings. The summed E-state index contributed by atoms with van der Waals surface area (Å²) in [6.45, 7) is 6.28. The van der Waals surface area contributed by atoms with E-state index in [-0.39, 0.29) is 23.8 Å². The second-order valence-electron chi connectivity index (χ2n) is 8.52. The summed E-state index contributed by atoms with van der Waals surface area (Å²) < 4.78 is 16.2. The summed E-state index contributed by atoms with van der Waals surface area (Å²) in [5, 5.41) is 4.43. The Morgan fingerprint density at radius 2 is 1.71 bits per heavy atom. The lowest BCUT2D eigenvalue weighted by molar-refractivity contribution is -0.132. The van der Waals surface area contributed by atoms with Gasteiger partial charge in [-0.05, 0) is 43.7 Å². The van der Waals surface area contributed by atoms with E-state index in [2.05, 4.69) is 15.0 Å². The molecule has 1 aliphatic heterocycles. The molecule has 1 fully saturated rings. The maximum Gasteiger partial charge on any atom is 0.275 e. The fraction of sp³-hybridized carbons (Fsp3) is 0.280. The van der Waals surface area contributed by atoms with Crippen LogP contribution in [0.5, 0.6) is 0 Å². The number of nitrogens with zero attached hydrogens (tertiary/aromatic N) is 6. The van der Waals surface area contributed by atoms with E-state index in [1.807, 2.05) is 36.1 Å². The smallest absolute Gasteiger partial charge is 0.275 e. The molecule has 2 aromatic carbocycles. The first-order valence-corrected chi connectivity index (χ1v) is 11.2. The average molecular weight is 461 g/mol. The van der Waals surface area contributed by atoms with Crippen LogP contribution in [0.15, 0.2) is 59.4 Å². The van der Waals surface area contributed by atoms with Crippen LogP contribution in [0.1, 0.15) is 11.3 Å². The molecule has 5 rings (SSSR count). The van der Waals surface area contributed by atoms with E-state index in [1.54, 1.807) is 23.6 Å². The number of aryl methyl sites for hydroxylation is 2. The van der Waals surface area contributed by atoms with Gasteiger partial charge in [0.15, 0.2) is 5.82 Å². The summed E-state index contributed by atoms with van der Waals surface area (Å²) in [4.78, 5) is 34.3. The standard InChI is InChI=1S/C25H25FN6O2/c1-17-5-3-4-6-21(17)24-27-25-31(18(2)15-22(33)32(25)28-24)16-23(34)30-13-11-29(12-14-30)20-9-7-19(26)8-10-20/h3-10,15H,11-14,16H2,1-2H3. The molecule has 0 N–H and O–H groups in total. The van der Waals surface area contributed by atoms with Gasteiger partial charge in [-0.25, -0.2) is 4.39 Å². The average Bonchev–Trinajstić information content (AvgIpc) is 3.28. The van der Waals surface area contributed by atoms with Crippen molar-refractivity contribution in [3.63, 3.8) is 0 Å². The second-order valence-corrected chi connectivity index (χ2v) is 8.52. The highest BCUT2D eigenvalue weighted by Gasteiger charge is 2.23. The minimum atomic E-state index is -0.281. The lowest BCUT2D eigenvalue weighted by Crippen LogP contribution is -2.49. The Labute approximate surface area is 195 Å². The van der Waals surface area contributed by atoms with Gasteiger partial charge in [0.05, 0.1) is 0 Å². The van der Waals surface area contributed by atoms with Crippen molar-refractivity contribution >= 4 is 17.4 Å². The highest BCUT2D eigenvalue weighted by atomic mass is 19.1. The monoisotopic (exact) mass is 460 g/mol. The predicted octanol–water partition coefficient (Wildman–Crippen LogP) is 2.66. The fourth-order valence-electron chi connectivity index (χ4n) is 4.34. The highest BCUT2D eigenvalue weighted by molar-refractivity contribution is 5.77. The summed E-state index contributed by atoms with van der Waals surface area (Å²) in [6.07, 6.45) is 0. The third-order valence-electron chi connectivity index (χ3n) is 6.30. The Bertz CT molecular complexity index is 1420. The van der Waals surface area contributed by atoms with Gasteiger partial charge in [0.25, 0.3) is 5.56 Å². The molecule has 0 saturated carbocycles. The zero-order valence-electron chi connectivity index (χ0n) is 19.1. The SMILES string of the molecule is Cc1ccccc1-c1nc2n(CC(=O)N3CCN(c4ccc(F)cc4)CC3)c(C)cc(=O)n2n1. The molecule has 0 aliphatic carbocycles. The van der Waals surface area contributed by atoms with Crippen molar-refractivity contribution in [3.8, 4) is 11.4 Å². The molecule has 1 amide bonds. The van der Waals surface area contributed by atoms with Gasteiger partial charge in [0.1, 0.15) is 12.4 Å². The largest absolute Gasteiger partial charge is 0.368 e. The van der Waals surface area contributed by atoms with Gasteiger partial charge in [0, 0.05) is 49.2 Å². The number of anilines is 1. The number of carbonyl (C=O) groups is 1. The van der Waals surface area contributed by atoms with E-state index >= 15 is 0 Å². The number of benzene rings is 2. The minimum Gasteiger partial charge on any atom is -0.368 e. The molecule has 1 saturated heterocycles. The molecular weight excluding hydrogens is 435 g/mol. The Hall–Kier alpha value is -4.01. The van der Waals surface area contributed by atoms with Gasteiger partial charge in [-0.15, -0.1) is 5.10 Å². The van der Waals surface area contributed by atoms with E-state index in [0.717, 1.165) is 16.8 Å². The first-order chi connectivity index (χ1) is 16.4. The van der Waals surface area contributed by atoms with Crippen molar-refractivity contribution in [2.45, 2.75) is 20.4 Å². The minimum absolute atomic E-state index is 0.0483. The van der Waals surface area contributed by atoms with Crippen LogP contribution in [-0.4, -0.2) is 56.2 Å². The first kappa shape index (κ1) is 21.8. The topological polar surface area (TPSA) is 75.7 Å². The van der Waals surface area contributed by atoms with Crippen molar-refractivity contribution in [2.75, 3.05) is 31.1 Å². The number of carbonyl (C=O) groups excluding carboxylic acids is 1. The highest BCUT2D eigenvalue weighted by Crippen LogP contribution is 2.21. The molecule has 0 bridgehead atoms. The summed E-state index contributed by atoms with van der Waals surface area (Å²) in [5.41, 5.74) is 3.16. The van der Waals surface area contributed by atoms with Gasteiger partial charge in [-0.2, -0.15) is 9.50 Å². The normalized spacial score (nSPS) is 14.1. The lowest BCUT2D eigenvalue weighted by atomic mass is 10.1. The van der Waals surface area contributed by atoms with E-state index in [9.17, 15) is 14.0 Å². The van der Waals surface area contributed by atoms with Crippen LogP contribution in [0.4, 0.5) is 10.1 Å². The summed E-state index contributed by atoms with van der Waals surface area (Å²) >= 11 is 0. The molecule has 0 spiro atoms. The van der Waals surface area contributed by atoms with E-state index in [0.29, 0.717) is 43.5 Å². The van der Waals surface area contributed by atoms with Crippen molar-refractivity contribution in [1.82, 2.24) is 24.1 Å². The van der Waals surface area contributed by atoms with Gasteiger partial charge >= 0.3 is 0 Å². The van der Waals surface area contributed by atoms with Gasteiger partial charge in [-0.1, -0.05) is 24.3 Å². The molecule has 0 unspecified atom stereocenters. The van der Waals surface area contributed by atoms with E-state index in [4.69, 9.17) is 0 Å². The van der Waals surface area contributed by atoms with Crippen LogP contribution < -0.4 is 10.5 Å². The summed E-state index contributed by atoms with van der Waals surface area (Å²) in [6, 6.07) is 15.6. The lowest BCUT2D eigenvalue weighted by Gasteiger charge is -2.36. The molecular formula is C25H25FN6O2. The molecule has 34 heavy (non-hydrogen) atoms. The van der Waals surface area contributed by atoms with Crippen LogP contribution in [0, 0.1) is 19.7 Å². The third-order valence-corrected chi connectivity index (χ3v) is 6.30. The molecule has 3 heterocycles. The molecule has 0 radical (unpaired) electrons. The van der Waals surface area contributed by atoms with Crippen LogP contribution in [0.2, 0.25) is 0 Å². The van der Waals surface area contributed by atoms with Crippen molar-refractivity contribution in [2.24, 2.45) is 0 Å². The molecule has 0 atom stereocenters. The number of hydrogen-bond acceptors (Lipinski definition) is 5. The Morgan fingerprint density at radius 1 is 1.00 bits per heavy atom. The maximum atomic E-state index is 13.2. The third kappa shape index (κ3) is 4.05. The van der Waals surface area contributed by atoms with Crippen LogP contribution in [-0.2, 0) is 11.3 Å². The van der Waals surface area contributed by atoms with E-state index in [1.165, 1.54) is 22.7 Å². The molecule has 174 valence electrons. The first-order valence-electron chi connectivity index (χ1n) is 11.2. The van der Waals surface area contributed by atoms with Crippen molar-refractivity contribution in [3.05, 3.63) is 82.0 Å². The number of halogens is 1. The maximum absolute atomic E-state index is 13.2. The zero-order chi connectivity index (χ0) is 23.8. The van der Waals surface area contributed by atoms with Crippen LogP contribution in [0.25, 0.3) is 17.2 Å². The molecule has 2 aromatic heterocycles. The van der Waals surface area contributed by atoms with Crippen molar-refractivity contribution < 1.29 is 9.18 Å². The fourth-order valence-corrected chi connectivity index (χ4v) is 4.34. The Morgan fingerprint density at radius 3 is 2.41 bits per heavy atom. The number of amides is 1. The van der Waals surface area contributed by atoms with Crippen LogP contribution in [0.3, 0.4) is 0 Å². The molecule has 9 heteroatoms. The van der Waals surface area contributed by atoms with Gasteiger partial charge in [-0.3, -0.25) is 9.59 Å². The number of rotatable bonds is 4. The quantitative estimate of drug-likeness (QED) is 0.468. The number of piperazine rings is 1. The molecule has 8 nitrogen and oxygen atoms in total. The number of fused-ring (bicyclic) bond motifs is 1. The second kappa shape index (κ2) is 8.74. The van der Waals surface area contributed by atoms with Gasteiger partial charge < -0.3 is 14.4 Å². The summed E-state index contributed by atoms with van der Waals surface area (Å²) in [7, 11) is 0. The molecule has 1 aliphatic rings. The Kier molecular flexibility index (Phi) is 5.61. The number of aromatic nitrogens is 4. The number of hydrogen-bond donors (Lipinski definition) is 0. The van der Waals surface area contributed by atoms with Crippen molar-refractivity contribution in [1.29, 1.82) is 0 Å².